The van der Waals surface area contributed by atoms with Crippen molar-refractivity contribution in [2.24, 2.45) is 24.3 Å². The molecule has 3 aromatic heterocycles. The first-order valence-corrected chi connectivity index (χ1v) is 14.9. The maximum absolute atomic E-state index is 13.5. The van der Waals surface area contributed by atoms with Crippen LogP contribution in [0.1, 0.15) is 77.5 Å². The number of hydrogen-bond donors (Lipinski definition) is 3. The van der Waals surface area contributed by atoms with Gasteiger partial charge in [0.2, 0.25) is 17.8 Å². The van der Waals surface area contributed by atoms with Gasteiger partial charge in [0.25, 0.3) is 12.3 Å². The lowest BCUT2D eigenvalue weighted by Gasteiger charge is -2.34. The predicted molar refractivity (Wildman–Crippen MR) is 145 cm³/mol. The first-order valence-electron chi connectivity index (χ1n) is 14.1. The van der Waals surface area contributed by atoms with Gasteiger partial charge in [-0.2, -0.15) is 5.10 Å². The van der Waals surface area contributed by atoms with Crippen LogP contribution in [0, 0.1) is 17.3 Å². The summed E-state index contributed by atoms with van der Waals surface area (Å²) in [5.41, 5.74) is 0.993. The molecule has 3 saturated carbocycles. The molecule has 1 unspecified atom stereocenters. The van der Waals surface area contributed by atoms with E-state index in [1.165, 1.54) is 22.1 Å². The van der Waals surface area contributed by atoms with Crippen molar-refractivity contribution < 1.29 is 27.2 Å². The molecule has 0 aromatic carbocycles. The van der Waals surface area contributed by atoms with Crippen molar-refractivity contribution >= 4 is 39.9 Å². The minimum Gasteiger partial charge on any atom is -0.352 e. The van der Waals surface area contributed by atoms with Crippen LogP contribution in [0.15, 0.2) is 12.4 Å². The third-order valence-electron chi connectivity index (χ3n) is 9.15. The maximum Gasteiger partial charge on any atom is 0.282 e. The molecule has 2 amide bonds. The van der Waals surface area contributed by atoms with Crippen LogP contribution in [0.2, 0.25) is 0 Å². The van der Waals surface area contributed by atoms with Gasteiger partial charge >= 0.3 is 0 Å². The van der Waals surface area contributed by atoms with Crippen LogP contribution in [-0.4, -0.2) is 48.8 Å². The van der Waals surface area contributed by atoms with Gasteiger partial charge < -0.3 is 16.0 Å². The zero-order valence-electron chi connectivity index (χ0n) is 22.8. The second-order valence-corrected chi connectivity index (χ2v) is 13.2. The fraction of sp³-hybridized carbons (Fsp3) is 0.593. The normalized spacial score (nSPS) is 23.4. The topological polar surface area (TPSA) is 119 Å². The number of hydrogen-bond acceptors (Lipinski definition) is 7. The fourth-order valence-corrected chi connectivity index (χ4v) is 7.69. The molecule has 1 spiro atoms. The highest BCUT2D eigenvalue weighted by atomic mass is 32.1. The third-order valence-corrected chi connectivity index (χ3v) is 10.4. The Morgan fingerprint density at radius 2 is 2.00 bits per heavy atom. The quantitative estimate of drug-likeness (QED) is 0.295. The van der Waals surface area contributed by atoms with E-state index in [-0.39, 0.29) is 60.2 Å². The Balaban J connectivity index is 1.13. The molecule has 4 aliphatic rings. The second-order valence-electron chi connectivity index (χ2n) is 12.1. The molecule has 10 nitrogen and oxygen atoms in total. The summed E-state index contributed by atoms with van der Waals surface area (Å²) in [6.07, 6.45) is 3.13. The Morgan fingerprint density at radius 3 is 2.67 bits per heavy atom. The minimum atomic E-state index is -2.71. The Morgan fingerprint density at radius 1 is 1.21 bits per heavy atom. The zero-order valence-corrected chi connectivity index (χ0v) is 23.6. The second kappa shape index (κ2) is 9.78. The molecule has 4 aliphatic carbocycles. The van der Waals surface area contributed by atoms with E-state index in [1.807, 2.05) is 4.57 Å². The summed E-state index contributed by atoms with van der Waals surface area (Å²) in [5, 5.41) is 21.4. The lowest BCUT2D eigenvalue weighted by molar-refractivity contribution is -0.117. The van der Waals surface area contributed by atoms with Crippen molar-refractivity contribution in [3.05, 3.63) is 34.1 Å². The van der Waals surface area contributed by atoms with E-state index in [2.05, 4.69) is 31.2 Å². The largest absolute Gasteiger partial charge is 0.352 e. The lowest BCUT2D eigenvalue weighted by Crippen LogP contribution is -2.42. The smallest absolute Gasteiger partial charge is 0.282 e. The number of rotatable bonds is 9. The van der Waals surface area contributed by atoms with Crippen molar-refractivity contribution in [3.63, 3.8) is 0 Å². The van der Waals surface area contributed by atoms with E-state index in [4.69, 9.17) is 0 Å². The Kier molecular flexibility index (Phi) is 6.37. The van der Waals surface area contributed by atoms with Gasteiger partial charge in [-0.3, -0.25) is 18.8 Å². The standard InChI is InChI=1S/C27H30F4N8O2S/c1-38-19(7-17(37-38)21(28)29)34-25-36-33-12-39(25)14-2-3-18-15(6-14)20(23(41)32-11-13-8-27(30,31)9-13)24(42-18)35-22(40)16-10-26(16)4-5-26/h7,12-14,16,21H,2-6,8-11H2,1H3,(H,32,41)(H,34,36)(H,35,40)/t14?,16-/m1/s1. The van der Waals surface area contributed by atoms with E-state index in [0.717, 1.165) is 29.7 Å². The number of aryl methyl sites for hydroxylation is 2. The van der Waals surface area contributed by atoms with Gasteiger partial charge in [0, 0.05) is 49.3 Å². The van der Waals surface area contributed by atoms with Crippen molar-refractivity contribution in [2.75, 3.05) is 17.2 Å². The van der Waals surface area contributed by atoms with Gasteiger partial charge in [0.1, 0.15) is 22.8 Å². The number of carbonyl (C=O) groups is 2. The molecule has 0 saturated heterocycles. The van der Waals surface area contributed by atoms with E-state index in [0.29, 0.717) is 41.6 Å². The molecule has 3 aromatic rings. The zero-order chi connectivity index (χ0) is 29.4. The van der Waals surface area contributed by atoms with Gasteiger partial charge in [0.05, 0.1) is 5.56 Å². The summed E-state index contributed by atoms with van der Waals surface area (Å²) in [6.45, 7) is 0.145. The number of anilines is 3. The molecule has 0 radical (unpaired) electrons. The molecule has 2 atom stereocenters. The average Bonchev–Trinajstić information content (AvgIpc) is 3.68. The van der Waals surface area contributed by atoms with Crippen LogP contribution in [0.3, 0.4) is 0 Å². The number of aromatic nitrogens is 5. The van der Waals surface area contributed by atoms with Gasteiger partial charge in [-0.25, -0.2) is 17.6 Å². The molecular weight excluding hydrogens is 576 g/mol. The van der Waals surface area contributed by atoms with Crippen LogP contribution in [0.4, 0.5) is 34.3 Å². The average molecular weight is 607 g/mol. The van der Waals surface area contributed by atoms with Gasteiger partial charge in [-0.05, 0) is 55.4 Å². The van der Waals surface area contributed by atoms with E-state index in [1.54, 1.807) is 13.4 Å². The van der Waals surface area contributed by atoms with Crippen molar-refractivity contribution in [1.29, 1.82) is 0 Å². The molecule has 42 heavy (non-hydrogen) atoms. The monoisotopic (exact) mass is 606 g/mol. The molecule has 0 bridgehead atoms. The summed E-state index contributed by atoms with van der Waals surface area (Å²) in [5.74, 6) is -2.77. The summed E-state index contributed by atoms with van der Waals surface area (Å²) >= 11 is 1.40. The summed E-state index contributed by atoms with van der Waals surface area (Å²) in [6, 6.07) is 1.09. The fourth-order valence-electron chi connectivity index (χ4n) is 6.44. The highest BCUT2D eigenvalue weighted by Crippen LogP contribution is 2.70. The molecule has 224 valence electrons. The van der Waals surface area contributed by atoms with E-state index < -0.39 is 12.3 Å². The van der Waals surface area contributed by atoms with Crippen molar-refractivity contribution in [1.82, 2.24) is 29.9 Å². The maximum atomic E-state index is 13.5. The highest BCUT2D eigenvalue weighted by molar-refractivity contribution is 7.17. The van der Waals surface area contributed by atoms with Crippen LogP contribution in [0.25, 0.3) is 0 Å². The number of nitrogens with zero attached hydrogens (tertiary/aromatic N) is 5. The van der Waals surface area contributed by atoms with E-state index >= 15 is 0 Å². The summed E-state index contributed by atoms with van der Waals surface area (Å²) in [7, 11) is 1.55. The van der Waals surface area contributed by atoms with Crippen LogP contribution in [0.5, 0.6) is 0 Å². The number of nitrogens with one attached hydrogen (secondary N) is 3. The number of alkyl halides is 4. The molecule has 15 heteroatoms. The number of carbonyl (C=O) groups excluding carboxylic acids is 2. The first kappa shape index (κ1) is 27.3. The minimum absolute atomic E-state index is 0.0271. The van der Waals surface area contributed by atoms with E-state index in [9.17, 15) is 27.2 Å². The summed E-state index contributed by atoms with van der Waals surface area (Å²) < 4.78 is 56.1. The molecule has 3 fully saturated rings. The highest BCUT2D eigenvalue weighted by Gasteiger charge is 2.65. The van der Waals surface area contributed by atoms with Gasteiger partial charge in [-0.1, -0.05) is 0 Å². The molecule has 7 rings (SSSR count). The van der Waals surface area contributed by atoms with Crippen molar-refractivity contribution in [2.45, 2.75) is 69.8 Å². The molecule has 0 aliphatic heterocycles. The predicted octanol–water partition coefficient (Wildman–Crippen LogP) is 5.00. The van der Waals surface area contributed by atoms with Crippen LogP contribution >= 0.6 is 11.3 Å². The van der Waals surface area contributed by atoms with Gasteiger partial charge in [0.15, 0.2) is 0 Å². The SMILES string of the molecule is Cn1nc(C(F)F)cc1Nc1nncn1C1CCc2sc(NC(=O)[C@H]3CC34CC4)c(C(=O)NCC3CC(F)(F)C3)c2C1. The van der Waals surface area contributed by atoms with Gasteiger partial charge in [-0.15, -0.1) is 21.5 Å². The van der Waals surface area contributed by atoms with Crippen LogP contribution < -0.4 is 16.0 Å². The lowest BCUT2D eigenvalue weighted by atomic mass is 9.81. The molecule has 3 heterocycles. The summed E-state index contributed by atoms with van der Waals surface area (Å²) in [4.78, 5) is 27.6. The Bertz CT molecular complexity index is 1550. The molecule has 3 N–H and O–H groups in total. The third kappa shape index (κ3) is 4.94. The Hall–Kier alpha value is -3.49. The number of halogens is 4. The number of amides is 2. The van der Waals surface area contributed by atoms with Crippen molar-refractivity contribution in [3.8, 4) is 0 Å². The number of thiophene rings is 1. The Labute approximate surface area is 242 Å². The first-order chi connectivity index (χ1) is 20.0. The molecular formula is C27H30F4N8O2S. The number of fused-ring (bicyclic) bond motifs is 1. The van der Waals surface area contributed by atoms with Crippen LogP contribution in [-0.2, 0) is 24.7 Å².